The summed E-state index contributed by atoms with van der Waals surface area (Å²) >= 11 is 5.84. The highest BCUT2D eigenvalue weighted by atomic mass is 35.5. The Balaban J connectivity index is 1.72. The maximum absolute atomic E-state index is 12.2. The van der Waals surface area contributed by atoms with Crippen LogP contribution in [-0.2, 0) is 4.79 Å². The fourth-order valence-corrected chi connectivity index (χ4v) is 2.55. The summed E-state index contributed by atoms with van der Waals surface area (Å²) in [5.74, 6) is 0.285. The van der Waals surface area contributed by atoms with Gasteiger partial charge in [0.1, 0.15) is 5.82 Å². The van der Waals surface area contributed by atoms with Gasteiger partial charge in [-0.05, 0) is 48.5 Å². The highest BCUT2D eigenvalue weighted by Crippen LogP contribution is 2.22. The molecule has 0 aliphatic rings. The van der Waals surface area contributed by atoms with Gasteiger partial charge >= 0.3 is 6.03 Å². The van der Waals surface area contributed by atoms with E-state index in [1.807, 2.05) is 18.2 Å². The molecule has 1 heterocycles. The number of nitrogens with zero attached hydrogens (tertiary/aromatic N) is 1. The smallest absolute Gasteiger partial charge is 0.311 e. The molecule has 0 saturated carbocycles. The molecule has 0 aliphatic carbocycles. The van der Waals surface area contributed by atoms with Crippen molar-refractivity contribution in [2.45, 2.75) is 6.92 Å². The number of aromatic nitrogens is 1. The first-order valence-corrected chi connectivity index (χ1v) is 8.56. The summed E-state index contributed by atoms with van der Waals surface area (Å²) in [6, 6.07) is 19.1. The summed E-state index contributed by atoms with van der Waals surface area (Å²) in [7, 11) is 0. The van der Waals surface area contributed by atoms with Crippen molar-refractivity contribution >= 4 is 40.7 Å². The Bertz CT molecular complexity index is 974. The number of urea groups is 1. The van der Waals surface area contributed by atoms with Gasteiger partial charge in [0.25, 0.3) is 0 Å². The Morgan fingerprint density at radius 3 is 2.30 bits per heavy atom. The highest BCUT2D eigenvalue weighted by molar-refractivity contribution is 6.30. The van der Waals surface area contributed by atoms with Gasteiger partial charge in [0, 0.05) is 28.9 Å². The molecule has 0 atom stereocenters. The Hall–Kier alpha value is -3.38. The van der Waals surface area contributed by atoms with Crippen molar-refractivity contribution in [3.05, 3.63) is 71.8 Å². The minimum absolute atomic E-state index is 0.186. The fourth-order valence-electron chi connectivity index (χ4n) is 2.43. The van der Waals surface area contributed by atoms with Crippen molar-refractivity contribution < 1.29 is 9.59 Å². The summed E-state index contributed by atoms with van der Waals surface area (Å²) < 4.78 is 0. The quantitative estimate of drug-likeness (QED) is 0.595. The Morgan fingerprint density at radius 1 is 0.852 bits per heavy atom. The molecule has 3 rings (SSSR count). The zero-order valence-electron chi connectivity index (χ0n) is 14.5. The number of rotatable bonds is 4. The van der Waals surface area contributed by atoms with E-state index < -0.39 is 0 Å². The third-order valence-corrected chi connectivity index (χ3v) is 3.82. The van der Waals surface area contributed by atoms with E-state index >= 15 is 0 Å². The Kier molecular flexibility index (Phi) is 5.68. The minimum atomic E-state index is -0.366. The van der Waals surface area contributed by atoms with E-state index in [9.17, 15) is 9.59 Å². The molecule has 3 amide bonds. The number of pyridine rings is 1. The van der Waals surface area contributed by atoms with Crippen molar-refractivity contribution in [1.82, 2.24) is 4.98 Å². The Morgan fingerprint density at radius 2 is 1.56 bits per heavy atom. The molecule has 0 aliphatic heterocycles. The second-order valence-corrected chi connectivity index (χ2v) is 6.19. The number of hydrogen-bond donors (Lipinski definition) is 3. The fraction of sp³-hybridized carbons (Fsp3) is 0.0500. The molecule has 1 aromatic heterocycles. The summed E-state index contributed by atoms with van der Waals surface area (Å²) in [5, 5.41) is 8.77. The van der Waals surface area contributed by atoms with Gasteiger partial charge in [0.05, 0.1) is 5.69 Å². The van der Waals surface area contributed by atoms with Crippen molar-refractivity contribution in [1.29, 1.82) is 0 Å². The molecule has 2 aromatic carbocycles. The van der Waals surface area contributed by atoms with E-state index in [0.717, 1.165) is 5.56 Å². The molecule has 0 radical (unpaired) electrons. The van der Waals surface area contributed by atoms with Gasteiger partial charge in [-0.2, -0.15) is 0 Å². The number of nitrogens with one attached hydrogen (secondary N) is 3. The van der Waals surface area contributed by atoms with Crippen molar-refractivity contribution in [3.8, 4) is 11.3 Å². The van der Waals surface area contributed by atoms with Crippen LogP contribution in [0, 0.1) is 0 Å². The lowest BCUT2D eigenvalue weighted by molar-refractivity contribution is -0.114. The van der Waals surface area contributed by atoms with Gasteiger partial charge in [0.2, 0.25) is 5.91 Å². The third kappa shape index (κ3) is 5.29. The van der Waals surface area contributed by atoms with Gasteiger partial charge in [-0.1, -0.05) is 29.8 Å². The zero-order chi connectivity index (χ0) is 19.2. The number of anilines is 3. The van der Waals surface area contributed by atoms with E-state index in [0.29, 0.717) is 27.9 Å². The van der Waals surface area contributed by atoms with Crippen LogP contribution in [0.5, 0.6) is 0 Å². The maximum Gasteiger partial charge on any atom is 0.323 e. The van der Waals surface area contributed by atoms with Gasteiger partial charge in [-0.25, -0.2) is 9.78 Å². The van der Waals surface area contributed by atoms with Crippen LogP contribution >= 0.6 is 11.6 Å². The topological polar surface area (TPSA) is 83.1 Å². The van der Waals surface area contributed by atoms with Crippen LogP contribution in [-0.4, -0.2) is 16.9 Å². The number of benzene rings is 2. The van der Waals surface area contributed by atoms with E-state index in [4.69, 9.17) is 11.6 Å². The van der Waals surface area contributed by atoms with Crippen LogP contribution in [0.2, 0.25) is 5.02 Å². The average Bonchev–Trinajstić information content (AvgIpc) is 2.63. The lowest BCUT2D eigenvalue weighted by Gasteiger charge is -2.10. The molecule has 0 bridgehead atoms. The highest BCUT2D eigenvalue weighted by Gasteiger charge is 2.06. The van der Waals surface area contributed by atoms with Crippen LogP contribution in [0.1, 0.15) is 6.92 Å². The molecule has 136 valence electrons. The number of hydrogen-bond acceptors (Lipinski definition) is 3. The predicted molar refractivity (Wildman–Crippen MR) is 108 cm³/mol. The lowest BCUT2D eigenvalue weighted by atomic mass is 10.1. The van der Waals surface area contributed by atoms with Crippen molar-refractivity contribution in [3.63, 3.8) is 0 Å². The van der Waals surface area contributed by atoms with Crippen LogP contribution < -0.4 is 16.0 Å². The SMILES string of the molecule is CC(=O)Nc1cccc(-c2cccc(NC(=O)Nc3ccc(Cl)cc3)c2)n1. The van der Waals surface area contributed by atoms with Crippen molar-refractivity contribution in [2.24, 2.45) is 0 Å². The average molecular weight is 381 g/mol. The summed E-state index contributed by atoms with van der Waals surface area (Å²) in [5.41, 5.74) is 2.75. The molecule has 27 heavy (non-hydrogen) atoms. The molecular formula is C20H17ClN4O2. The first-order valence-electron chi connectivity index (χ1n) is 8.18. The summed E-state index contributed by atoms with van der Waals surface area (Å²) in [6.07, 6.45) is 0. The van der Waals surface area contributed by atoms with E-state index in [1.165, 1.54) is 6.92 Å². The second kappa shape index (κ2) is 8.33. The molecule has 3 N–H and O–H groups in total. The predicted octanol–water partition coefficient (Wildman–Crippen LogP) is 5.00. The number of halogens is 1. The minimum Gasteiger partial charge on any atom is -0.311 e. The maximum atomic E-state index is 12.2. The van der Waals surface area contributed by atoms with Crippen LogP contribution in [0.25, 0.3) is 11.3 Å². The van der Waals surface area contributed by atoms with Crippen LogP contribution in [0.15, 0.2) is 66.7 Å². The summed E-state index contributed by atoms with van der Waals surface area (Å²) in [4.78, 5) is 27.8. The molecule has 3 aromatic rings. The van der Waals surface area contributed by atoms with Gasteiger partial charge in [0.15, 0.2) is 0 Å². The lowest BCUT2D eigenvalue weighted by Crippen LogP contribution is -2.19. The zero-order valence-corrected chi connectivity index (χ0v) is 15.2. The number of carbonyl (C=O) groups excluding carboxylic acids is 2. The molecule has 0 saturated heterocycles. The van der Waals surface area contributed by atoms with E-state index in [-0.39, 0.29) is 11.9 Å². The molecule has 6 nitrogen and oxygen atoms in total. The Labute approximate surface area is 161 Å². The van der Waals surface area contributed by atoms with E-state index in [1.54, 1.807) is 48.5 Å². The molecule has 0 spiro atoms. The first kappa shape index (κ1) is 18.4. The molecular weight excluding hydrogens is 364 g/mol. The molecule has 7 heteroatoms. The van der Waals surface area contributed by atoms with Gasteiger partial charge < -0.3 is 16.0 Å². The van der Waals surface area contributed by atoms with Crippen molar-refractivity contribution in [2.75, 3.05) is 16.0 Å². The molecule has 0 fully saturated rings. The summed E-state index contributed by atoms with van der Waals surface area (Å²) in [6.45, 7) is 1.43. The largest absolute Gasteiger partial charge is 0.323 e. The standard InChI is InChI=1S/C20H17ClN4O2/c1-13(26)22-19-7-3-6-18(25-19)14-4-2-5-17(12-14)24-20(27)23-16-10-8-15(21)9-11-16/h2-12H,1H3,(H,22,25,26)(H2,23,24,27). The number of carbonyl (C=O) groups is 2. The number of amides is 3. The normalized spacial score (nSPS) is 10.1. The first-order chi connectivity index (χ1) is 13.0. The van der Waals surface area contributed by atoms with E-state index in [2.05, 4.69) is 20.9 Å². The third-order valence-electron chi connectivity index (χ3n) is 3.57. The monoisotopic (exact) mass is 380 g/mol. The second-order valence-electron chi connectivity index (χ2n) is 5.76. The van der Waals surface area contributed by atoms with Gasteiger partial charge in [-0.15, -0.1) is 0 Å². The molecule has 0 unspecified atom stereocenters. The van der Waals surface area contributed by atoms with Crippen LogP contribution in [0.3, 0.4) is 0 Å². The van der Waals surface area contributed by atoms with Gasteiger partial charge in [-0.3, -0.25) is 4.79 Å². The van der Waals surface area contributed by atoms with Crippen LogP contribution in [0.4, 0.5) is 22.0 Å².